The highest BCUT2D eigenvalue weighted by molar-refractivity contribution is 7.25. The Labute approximate surface area is 574 Å². The molecule has 2 aliphatic carbocycles. The first-order valence-corrected chi connectivity index (χ1v) is 33.5. The summed E-state index contributed by atoms with van der Waals surface area (Å²) >= 11 is 1.69. The number of thiophene rings is 1. The summed E-state index contributed by atoms with van der Waals surface area (Å²) in [6.07, 6.45) is 3.59. The first-order valence-electron chi connectivity index (χ1n) is 32.6. The fraction of sp³-hybridized carbons (Fsp3) is 0.0222. The third-order valence-corrected chi connectivity index (χ3v) is 20.7. The summed E-state index contributed by atoms with van der Waals surface area (Å²) in [5.74, 6) is 1.29. The van der Waals surface area contributed by atoms with Gasteiger partial charge < -0.3 is 19.3 Å². The molecule has 0 spiro atoms. The van der Waals surface area contributed by atoms with Crippen LogP contribution in [0.4, 0.5) is 51.7 Å². The Morgan fingerprint density at radius 2 is 0.566 bits per heavy atom. The fourth-order valence-electron chi connectivity index (χ4n) is 15.1. The second-order valence-corrected chi connectivity index (χ2v) is 26.0. The maximum absolute atomic E-state index is 15.2. The minimum absolute atomic E-state index is 0.342. The highest BCUT2D eigenvalue weighted by atomic mass is 32.1. The predicted molar refractivity (Wildman–Crippen MR) is 396 cm³/mol. The number of rotatable bonds is 16. The number of anilines is 6. The van der Waals surface area contributed by atoms with Gasteiger partial charge in [0.05, 0.1) is 10.8 Å². The Balaban J connectivity index is 0.805. The van der Waals surface area contributed by atoms with E-state index in [1.807, 2.05) is 97.1 Å². The number of fused-ring (bicyclic) bond motifs is 9. The quantitative estimate of drug-likeness (QED) is 0.0900. The van der Waals surface area contributed by atoms with Gasteiger partial charge >= 0.3 is 0 Å². The summed E-state index contributed by atoms with van der Waals surface area (Å²) < 4.78 is 75.7. The molecule has 99 heavy (non-hydrogen) atoms. The van der Waals surface area contributed by atoms with Gasteiger partial charge in [-0.05, 0) is 260 Å². The molecule has 1 aromatic heterocycles. The van der Waals surface area contributed by atoms with E-state index in [1.54, 1.807) is 47.8 Å². The minimum atomic E-state index is -0.930. The summed E-state index contributed by atoms with van der Waals surface area (Å²) in [7, 11) is 0. The van der Waals surface area contributed by atoms with E-state index >= 15 is 17.6 Å². The molecule has 0 amide bonds. The van der Waals surface area contributed by atoms with Gasteiger partial charge in [0.15, 0.2) is 0 Å². The van der Waals surface area contributed by atoms with Crippen molar-refractivity contribution in [3.8, 4) is 45.3 Å². The third kappa shape index (κ3) is 10.3. The van der Waals surface area contributed by atoms with Crippen molar-refractivity contribution in [1.82, 2.24) is 0 Å². The molecule has 2 atom stereocenters. The van der Waals surface area contributed by atoms with Crippen LogP contribution in [0.5, 0.6) is 23.0 Å². The molecule has 474 valence electrons. The van der Waals surface area contributed by atoms with E-state index in [0.717, 1.165) is 132 Å². The van der Waals surface area contributed by atoms with E-state index in [1.165, 1.54) is 48.5 Å². The predicted octanol–water partition coefficient (Wildman–Crippen LogP) is 25.1. The van der Waals surface area contributed by atoms with Gasteiger partial charge in [0.2, 0.25) is 0 Å². The smallest absolute Gasteiger partial charge is 0.127 e. The van der Waals surface area contributed by atoms with Gasteiger partial charge in [0.1, 0.15) is 46.3 Å². The third-order valence-electron chi connectivity index (χ3n) is 19.5. The zero-order chi connectivity index (χ0) is 66.9. The molecule has 0 radical (unpaired) electrons. The highest BCUT2D eigenvalue weighted by Crippen LogP contribution is 2.60. The number of benzene rings is 14. The Hall–Kier alpha value is -12.3. The Bertz CT molecular complexity index is 5270. The SMILES string of the molecule is C=Cc1ccc(Oc2ccc(C3(c4ccc(F)cc4)c4ccccc4-c4ccc(N(c5ccc(F)cc5)c5ccc6sc7ccc(N(c8ccc(F)cc8)c8ccc9c(c8)C(c8ccc(F)cc8)(c8ccc(Oc%10ccc(C=C)cc%10)cc8)c8ccccc8-9)cc7c6c5)cc43)cc2)cc1. The standard InChI is InChI=1S/C90H58F4N2O2S/c1-3-57-13-41-73(42-14-57)97-75-45-21-61(22-46-75)89(59-17-25-63(91)26-18-59)83-11-7-5-9-77(83)79-49-37-71(55-85(79)89)95(67-33-29-65(93)30-34-67)69-39-51-87-81(53-69)82-54-70(40-52-88(82)99-87)96(68-35-31-66(94)32-36-68)72-38-50-80-78-10-6-8-12-84(78)90(86(80)56-72,60-19-27-64(92)28-20-60)62-23-47-76(48-24-62)98-74-43-15-58(4-2)16-44-74/h3-56H,1-2H2. The van der Waals surface area contributed by atoms with Crippen molar-refractivity contribution < 1.29 is 27.0 Å². The summed E-state index contributed by atoms with van der Waals surface area (Å²) in [5.41, 5.74) is 16.8. The van der Waals surface area contributed by atoms with Crippen LogP contribution in [0.3, 0.4) is 0 Å². The summed E-state index contributed by atoms with van der Waals surface area (Å²) in [6.45, 7) is 7.79. The van der Waals surface area contributed by atoms with Crippen molar-refractivity contribution in [2.24, 2.45) is 0 Å². The van der Waals surface area contributed by atoms with E-state index in [2.05, 4.69) is 169 Å². The van der Waals surface area contributed by atoms with Crippen LogP contribution in [0.15, 0.2) is 329 Å². The van der Waals surface area contributed by atoms with Gasteiger partial charge in [0.25, 0.3) is 0 Å². The maximum atomic E-state index is 15.2. The van der Waals surface area contributed by atoms with E-state index in [4.69, 9.17) is 9.47 Å². The van der Waals surface area contributed by atoms with Crippen molar-refractivity contribution in [2.75, 3.05) is 9.80 Å². The minimum Gasteiger partial charge on any atom is -0.457 e. The molecule has 14 aromatic carbocycles. The molecule has 0 aliphatic heterocycles. The van der Waals surface area contributed by atoms with Crippen molar-refractivity contribution >= 4 is 77.8 Å². The molecular formula is C90H58F4N2O2S. The number of ether oxygens (including phenoxy) is 2. The van der Waals surface area contributed by atoms with Crippen LogP contribution in [0.2, 0.25) is 0 Å². The van der Waals surface area contributed by atoms with E-state index in [-0.39, 0.29) is 23.3 Å². The molecule has 15 aromatic rings. The number of hydrogen-bond donors (Lipinski definition) is 0. The fourth-order valence-corrected chi connectivity index (χ4v) is 16.1. The molecule has 1 heterocycles. The molecular weight excluding hydrogens is 1250 g/mol. The van der Waals surface area contributed by atoms with Crippen LogP contribution in [-0.2, 0) is 10.8 Å². The molecule has 2 aliphatic rings. The Kier molecular flexibility index (Phi) is 14.9. The maximum Gasteiger partial charge on any atom is 0.127 e. The van der Waals surface area contributed by atoms with Gasteiger partial charge in [-0.3, -0.25) is 0 Å². The van der Waals surface area contributed by atoms with Gasteiger partial charge in [-0.1, -0.05) is 159 Å². The van der Waals surface area contributed by atoms with Gasteiger partial charge in [-0.2, -0.15) is 0 Å². The molecule has 0 saturated carbocycles. The summed E-state index contributed by atoms with van der Waals surface area (Å²) in [6, 6.07) is 101. The molecule has 17 rings (SSSR count). The number of halogens is 4. The largest absolute Gasteiger partial charge is 0.457 e. The average molecular weight is 1310 g/mol. The molecule has 0 saturated heterocycles. The first kappa shape index (κ1) is 60.4. The van der Waals surface area contributed by atoms with Crippen LogP contribution < -0.4 is 19.3 Å². The topological polar surface area (TPSA) is 24.9 Å². The molecule has 0 bridgehead atoms. The van der Waals surface area contributed by atoms with E-state index in [0.29, 0.717) is 23.0 Å². The van der Waals surface area contributed by atoms with Gasteiger partial charge in [-0.15, -0.1) is 11.3 Å². The molecule has 9 heteroatoms. The van der Waals surface area contributed by atoms with Crippen molar-refractivity contribution in [3.63, 3.8) is 0 Å². The lowest BCUT2D eigenvalue weighted by atomic mass is 9.67. The number of nitrogens with zero attached hydrogens (tertiary/aromatic N) is 2. The van der Waals surface area contributed by atoms with E-state index in [9.17, 15) is 0 Å². The Morgan fingerprint density at radius 3 is 0.919 bits per heavy atom. The van der Waals surface area contributed by atoms with Crippen LogP contribution in [0, 0.1) is 23.3 Å². The van der Waals surface area contributed by atoms with Crippen LogP contribution in [0.1, 0.15) is 55.6 Å². The van der Waals surface area contributed by atoms with Gasteiger partial charge in [-0.25, -0.2) is 17.6 Å². The lowest BCUT2D eigenvalue weighted by Gasteiger charge is -2.35. The van der Waals surface area contributed by atoms with Crippen LogP contribution >= 0.6 is 11.3 Å². The zero-order valence-corrected chi connectivity index (χ0v) is 54.0. The van der Waals surface area contributed by atoms with Crippen LogP contribution in [0.25, 0.3) is 54.6 Å². The molecule has 0 N–H and O–H groups in total. The molecule has 2 unspecified atom stereocenters. The first-order chi connectivity index (χ1) is 48.5. The zero-order valence-electron chi connectivity index (χ0n) is 53.2. The van der Waals surface area contributed by atoms with Crippen molar-refractivity contribution in [3.05, 3.63) is 408 Å². The van der Waals surface area contributed by atoms with Crippen molar-refractivity contribution in [2.45, 2.75) is 10.8 Å². The number of hydrogen-bond acceptors (Lipinski definition) is 5. The molecule has 0 fully saturated rings. The summed E-state index contributed by atoms with van der Waals surface area (Å²) in [5, 5.41) is 1.99. The average Bonchev–Trinajstić information content (AvgIpc) is 1.57. The Morgan fingerprint density at radius 1 is 0.283 bits per heavy atom. The van der Waals surface area contributed by atoms with E-state index < -0.39 is 10.8 Å². The lowest BCUT2D eigenvalue weighted by molar-refractivity contribution is 0.482. The normalized spacial score (nSPS) is 14.8. The highest BCUT2D eigenvalue weighted by Gasteiger charge is 2.48. The van der Waals surface area contributed by atoms with Crippen LogP contribution in [-0.4, -0.2) is 0 Å². The monoisotopic (exact) mass is 1310 g/mol. The van der Waals surface area contributed by atoms with Crippen molar-refractivity contribution in [1.29, 1.82) is 0 Å². The second kappa shape index (κ2) is 24.4. The van der Waals surface area contributed by atoms with Gasteiger partial charge in [0, 0.05) is 54.3 Å². The second-order valence-electron chi connectivity index (χ2n) is 25.0. The summed E-state index contributed by atoms with van der Waals surface area (Å²) in [4.78, 5) is 4.34. The lowest BCUT2D eigenvalue weighted by Crippen LogP contribution is -2.29. The molecule has 4 nitrogen and oxygen atoms in total.